The molecule has 0 aromatic heterocycles. The molecule has 0 bridgehead atoms. The first-order valence-electron chi connectivity index (χ1n) is 9.95. The standard InChI is InChI=1S/C20H30N2O5S/c1-16-8-9-18(26-2)19(14-16)28(24,25)22(17-6-4-3-5-7-17)15-20(23)21-10-12-27-13-11-21/h8-9,14,17H,3-7,10-13,15H2,1-2H3. The Morgan fingerprint density at radius 2 is 1.89 bits per heavy atom. The Balaban J connectivity index is 1.93. The molecule has 0 spiro atoms. The van der Waals surface area contributed by atoms with Crippen LogP contribution in [0, 0.1) is 6.92 Å². The number of carbonyl (C=O) groups is 1. The molecule has 0 atom stereocenters. The van der Waals surface area contributed by atoms with E-state index in [0.29, 0.717) is 32.1 Å². The van der Waals surface area contributed by atoms with Crippen molar-refractivity contribution in [1.82, 2.24) is 9.21 Å². The van der Waals surface area contributed by atoms with Crippen LogP contribution >= 0.6 is 0 Å². The number of benzene rings is 1. The molecule has 0 N–H and O–H groups in total. The van der Waals surface area contributed by atoms with Crippen molar-refractivity contribution in [3.8, 4) is 5.75 Å². The van der Waals surface area contributed by atoms with Crippen LogP contribution in [0.15, 0.2) is 23.1 Å². The Hall–Kier alpha value is -1.64. The van der Waals surface area contributed by atoms with E-state index >= 15 is 0 Å². The Morgan fingerprint density at radius 3 is 2.54 bits per heavy atom. The first-order valence-corrected chi connectivity index (χ1v) is 11.4. The molecule has 1 saturated carbocycles. The number of methoxy groups -OCH3 is 1. The monoisotopic (exact) mass is 410 g/mol. The maximum Gasteiger partial charge on any atom is 0.247 e. The smallest absolute Gasteiger partial charge is 0.247 e. The molecular weight excluding hydrogens is 380 g/mol. The van der Waals surface area contributed by atoms with E-state index in [0.717, 1.165) is 37.7 Å². The number of hydrogen-bond acceptors (Lipinski definition) is 5. The zero-order valence-electron chi connectivity index (χ0n) is 16.7. The van der Waals surface area contributed by atoms with E-state index in [4.69, 9.17) is 9.47 Å². The van der Waals surface area contributed by atoms with Crippen LogP contribution < -0.4 is 4.74 Å². The summed E-state index contributed by atoms with van der Waals surface area (Å²) in [6, 6.07) is 4.96. The minimum absolute atomic E-state index is 0.135. The van der Waals surface area contributed by atoms with Crippen LogP contribution in [0.25, 0.3) is 0 Å². The molecule has 1 aliphatic heterocycles. The molecule has 1 aromatic carbocycles. The number of rotatable bonds is 6. The molecule has 1 aliphatic carbocycles. The van der Waals surface area contributed by atoms with Crippen molar-refractivity contribution in [3.05, 3.63) is 23.8 Å². The molecule has 7 nitrogen and oxygen atoms in total. The Morgan fingerprint density at radius 1 is 1.21 bits per heavy atom. The topological polar surface area (TPSA) is 76.2 Å². The average Bonchev–Trinajstić information content (AvgIpc) is 2.73. The summed E-state index contributed by atoms with van der Waals surface area (Å²) < 4.78 is 39.3. The second-order valence-electron chi connectivity index (χ2n) is 7.49. The van der Waals surface area contributed by atoms with Gasteiger partial charge in [-0.3, -0.25) is 4.79 Å². The number of nitrogens with zero attached hydrogens (tertiary/aromatic N) is 2. The molecule has 1 heterocycles. The summed E-state index contributed by atoms with van der Waals surface area (Å²) in [6.07, 6.45) is 4.63. The summed E-state index contributed by atoms with van der Waals surface area (Å²) in [5.41, 5.74) is 0.836. The highest BCUT2D eigenvalue weighted by Crippen LogP contribution is 2.32. The van der Waals surface area contributed by atoms with Gasteiger partial charge in [-0.05, 0) is 37.5 Å². The molecular formula is C20H30N2O5S. The zero-order valence-corrected chi connectivity index (χ0v) is 17.5. The highest BCUT2D eigenvalue weighted by atomic mass is 32.2. The normalized spacial score (nSPS) is 19.0. The lowest BCUT2D eigenvalue weighted by atomic mass is 9.95. The molecule has 2 fully saturated rings. The highest BCUT2D eigenvalue weighted by Gasteiger charge is 2.36. The number of sulfonamides is 1. The molecule has 3 rings (SSSR count). The van der Waals surface area contributed by atoms with Crippen LogP contribution in [0.1, 0.15) is 37.7 Å². The van der Waals surface area contributed by atoms with Crippen molar-refractivity contribution >= 4 is 15.9 Å². The zero-order chi connectivity index (χ0) is 20.1. The van der Waals surface area contributed by atoms with Crippen molar-refractivity contribution in [2.45, 2.75) is 50.0 Å². The number of ether oxygens (including phenoxy) is 2. The average molecular weight is 411 g/mol. The minimum atomic E-state index is -3.87. The minimum Gasteiger partial charge on any atom is -0.495 e. The fourth-order valence-corrected chi connectivity index (χ4v) is 5.81. The van der Waals surface area contributed by atoms with Crippen LogP contribution in [-0.4, -0.2) is 69.5 Å². The Labute approximate surface area is 167 Å². The number of morpholine rings is 1. The van der Waals surface area contributed by atoms with E-state index in [1.165, 1.54) is 11.4 Å². The van der Waals surface area contributed by atoms with Crippen molar-refractivity contribution in [2.75, 3.05) is 40.0 Å². The Bertz CT molecular complexity index is 784. The lowest BCUT2D eigenvalue weighted by Crippen LogP contribution is -2.50. The third kappa shape index (κ3) is 4.67. The molecule has 8 heteroatoms. The van der Waals surface area contributed by atoms with Crippen molar-refractivity contribution < 1.29 is 22.7 Å². The van der Waals surface area contributed by atoms with Gasteiger partial charge in [0.05, 0.1) is 26.9 Å². The summed E-state index contributed by atoms with van der Waals surface area (Å²) in [7, 11) is -2.40. The SMILES string of the molecule is COc1ccc(C)cc1S(=O)(=O)N(CC(=O)N1CCOCC1)C1CCCCC1. The lowest BCUT2D eigenvalue weighted by Gasteiger charge is -2.35. The highest BCUT2D eigenvalue weighted by molar-refractivity contribution is 7.89. The van der Waals surface area contributed by atoms with Gasteiger partial charge in [0.1, 0.15) is 10.6 Å². The van der Waals surface area contributed by atoms with Gasteiger partial charge in [0, 0.05) is 19.1 Å². The van der Waals surface area contributed by atoms with E-state index in [1.54, 1.807) is 17.0 Å². The number of aryl methyl sites for hydroxylation is 1. The molecule has 156 valence electrons. The van der Waals surface area contributed by atoms with Gasteiger partial charge in [0.25, 0.3) is 0 Å². The van der Waals surface area contributed by atoms with Crippen LogP contribution in [-0.2, 0) is 19.6 Å². The van der Waals surface area contributed by atoms with Gasteiger partial charge in [-0.2, -0.15) is 4.31 Å². The summed E-state index contributed by atoms with van der Waals surface area (Å²) >= 11 is 0. The second kappa shape index (κ2) is 9.24. The van der Waals surface area contributed by atoms with Gasteiger partial charge in [0.2, 0.25) is 15.9 Å². The van der Waals surface area contributed by atoms with Crippen LogP contribution in [0.3, 0.4) is 0 Å². The lowest BCUT2D eigenvalue weighted by molar-refractivity contribution is -0.135. The molecule has 1 amide bonds. The Kier molecular flexibility index (Phi) is 6.95. The van der Waals surface area contributed by atoms with Crippen LogP contribution in [0.2, 0.25) is 0 Å². The molecule has 2 aliphatic rings. The third-order valence-corrected chi connectivity index (χ3v) is 7.46. The third-order valence-electron chi connectivity index (χ3n) is 5.54. The largest absolute Gasteiger partial charge is 0.495 e. The summed E-state index contributed by atoms with van der Waals surface area (Å²) in [5.74, 6) is 0.147. The van der Waals surface area contributed by atoms with Gasteiger partial charge < -0.3 is 14.4 Å². The first kappa shape index (κ1) is 21.1. The van der Waals surface area contributed by atoms with Gasteiger partial charge in [-0.15, -0.1) is 0 Å². The van der Waals surface area contributed by atoms with Gasteiger partial charge in [0.15, 0.2) is 0 Å². The van der Waals surface area contributed by atoms with E-state index in [2.05, 4.69) is 0 Å². The predicted octanol–water partition coefficient (Wildman–Crippen LogP) is 2.19. The number of carbonyl (C=O) groups excluding carboxylic acids is 1. The number of amides is 1. The van der Waals surface area contributed by atoms with Crippen molar-refractivity contribution in [3.63, 3.8) is 0 Å². The maximum absolute atomic E-state index is 13.6. The number of hydrogen-bond donors (Lipinski definition) is 0. The molecule has 0 unspecified atom stereocenters. The van der Waals surface area contributed by atoms with Gasteiger partial charge >= 0.3 is 0 Å². The second-order valence-corrected chi connectivity index (χ2v) is 9.35. The molecule has 28 heavy (non-hydrogen) atoms. The van der Waals surface area contributed by atoms with Crippen molar-refractivity contribution in [1.29, 1.82) is 0 Å². The summed E-state index contributed by atoms with van der Waals surface area (Å²) in [5, 5.41) is 0. The van der Waals surface area contributed by atoms with E-state index < -0.39 is 10.0 Å². The van der Waals surface area contributed by atoms with Crippen molar-refractivity contribution in [2.24, 2.45) is 0 Å². The van der Waals surface area contributed by atoms with E-state index in [1.807, 2.05) is 13.0 Å². The van der Waals surface area contributed by atoms with Gasteiger partial charge in [-0.25, -0.2) is 8.42 Å². The summed E-state index contributed by atoms with van der Waals surface area (Å²) in [6.45, 7) is 3.71. The molecule has 1 saturated heterocycles. The molecule has 0 radical (unpaired) electrons. The fourth-order valence-electron chi connectivity index (χ4n) is 3.94. The first-order chi connectivity index (χ1) is 13.4. The van der Waals surface area contributed by atoms with E-state index in [9.17, 15) is 13.2 Å². The summed E-state index contributed by atoms with van der Waals surface area (Å²) in [4.78, 5) is 14.7. The fraction of sp³-hybridized carbons (Fsp3) is 0.650. The maximum atomic E-state index is 13.6. The quantitative estimate of drug-likeness (QED) is 0.719. The molecule has 1 aromatic rings. The van der Waals surface area contributed by atoms with E-state index in [-0.39, 0.29) is 23.4 Å². The predicted molar refractivity (Wildman–Crippen MR) is 106 cm³/mol. The van der Waals surface area contributed by atoms with Crippen LogP contribution in [0.4, 0.5) is 0 Å². The van der Waals surface area contributed by atoms with Crippen LogP contribution in [0.5, 0.6) is 5.75 Å². The van der Waals surface area contributed by atoms with Gasteiger partial charge in [-0.1, -0.05) is 25.3 Å².